The Labute approximate surface area is 126 Å². The van der Waals surface area contributed by atoms with Crippen LogP contribution in [0, 0.1) is 12.8 Å². The molecule has 1 atom stereocenters. The summed E-state index contributed by atoms with van der Waals surface area (Å²) in [6.07, 6.45) is 3.26. The first-order valence-corrected chi connectivity index (χ1v) is 9.06. The van der Waals surface area contributed by atoms with Gasteiger partial charge in [-0.1, -0.05) is 6.07 Å². The van der Waals surface area contributed by atoms with E-state index >= 15 is 0 Å². The van der Waals surface area contributed by atoms with E-state index in [1.165, 1.54) is 6.07 Å². The van der Waals surface area contributed by atoms with Crippen LogP contribution in [0.3, 0.4) is 0 Å². The summed E-state index contributed by atoms with van der Waals surface area (Å²) in [6.45, 7) is 4.41. The molecule has 0 saturated carbocycles. The monoisotopic (exact) mass is 310 g/mol. The van der Waals surface area contributed by atoms with Crippen molar-refractivity contribution in [3.63, 3.8) is 0 Å². The van der Waals surface area contributed by atoms with E-state index in [4.69, 9.17) is 0 Å². The molecule has 5 nitrogen and oxygen atoms in total. The van der Waals surface area contributed by atoms with Gasteiger partial charge in [-0.05, 0) is 56.5 Å². The fraction of sp³-hybridized carbons (Fsp3) is 0.533. The Hall–Kier alpha value is -1.40. The Morgan fingerprint density at radius 3 is 2.81 bits per heavy atom. The molecule has 0 bridgehead atoms. The van der Waals surface area contributed by atoms with E-state index in [0.717, 1.165) is 32.2 Å². The van der Waals surface area contributed by atoms with E-state index < -0.39 is 9.84 Å². The second-order valence-corrected chi connectivity index (χ2v) is 7.64. The molecule has 1 fully saturated rings. The number of carbonyl (C=O) groups is 1. The van der Waals surface area contributed by atoms with E-state index in [9.17, 15) is 13.2 Å². The number of rotatable bonds is 5. The van der Waals surface area contributed by atoms with E-state index in [0.29, 0.717) is 23.6 Å². The molecule has 1 heterocycles. The third-order valence-electron chi connectivity index (χ3n) is 3.85. The van der Waals surface area contributed by atoms with Crippen molar-refractivity contribution in [2.75, 3.05) is 25.9 Å². The summed E-state index contributed by atoms with van der Waals surface area (Å²) in [4.78, 5) is 12.3. The van der Waals surface area contributed by atoms with Gasteiger partial charge < -0.3 is 10.6 Å². The summed E-state index contributed by atoms with van der Waals surface area (Å²) in [7, 11) is -3.31. The van der Waals surface area contributed by atoms with Crippen molar-refractivity contribution in [1.82, 2.24) is 10.6 Å². The number of amides is 1. The first kappa shape index (κ1) is 16.0. The number of nitrogens with one attached hydrogen (secondary N) is 2. The quantitative estimate of drug-likeness (QED) is 0.855. The second-order valence-electron chi connectivity index (χ2n) is 5.66. The fourth-order valence-electron chi connectivity index (χ4n) is 2.59. The number of carbonyl (C=O) groups excluding carboxylic acids is 1. The lowest BCUT2D eigenvalue weighted by Crippen LogP contribution is -2.26. The van der Waals surface area contributed by atoms with Crippen LogP contribution in [0.15, 0.2) is 23.1 Å². The van der Waals surface area contributed by atoms with E-state index in [2.05, 4.69) is 10.6 Å². The smallest absolute Gasteiger partial charge is 0.251 e. The van der Waals surface area contributed by atoms with Crippen LogP contribution < -0.4 is 10.6 Å². The molecule has 0 aliphatic carbocycles. The summed E-state index contributed by atoms with van der Waals surface area (Å²) >= 11 is 0. The Morgan fingerprint density at radius 1 is 1.43 bits per heavy atom. The minimum atomic E-state index is -3.31. The highest BCUT2D eigenvalue weighted by atomic mass is 32.2. The Bertz CT molecular complexity index is 620. The summed E-state index contributed by atoms with van der Waals surface area (Å²) in [6, 6.07) is 4.79. The van der Waals surface area contributed by atoms with E-state index in [1.807, 2.05) is 0 Å². The predicted molar refractivity (Wildman–Crippen MR) is 82.2 cm³/mol. The Balaban J connectivity index is 1.99. The Kier molecular flexibility index (Phi) is 5.00. The van der Waals surface area contributed by atoms with Crippen LogP contribution in [-0.4, -0.2) is 40.2 Å². The van der Waals surface area contributed by atoms with Gasteiger partial charge in [0.25, 0.3) is 5.91 Å². The molecular formula is C15H22N2O3S. The van der Waals surface area contributed by atoms with Gasteiger partial charge in [-0.3, -0.25) is 4.79 Å². The number of aryl methyl sites for hydroxylation is 1. The number of hydrogen-bond donors (Lipinski definition) is 2. The van der Waals surface area contributed by atoms with Crippen molar-refractivity contribution < 1.29 is 13.2 Å². The predicted octanol–water partition coefficient (Wildman–Crippen LogP) is 1.13. The zero-order valence-electron chi connectivity index (χ0n) is 12.5. The lowest BCUT2D eigenvalue weighted by Gasteiger charge is -2.10. The van der Waals surface area contributed by atoms with Crippen LogP contribution in [0.2, 0.25) is 0 Å². The molecule has 2 rings (SSSR count). The maximum Gasteiger partial charge on any atom is 0.251 e. The summed E-state index contributed by atoms with van der Waals surface area (Å²) in [5, 5.41) is 6.16. The summed E-state index contributed by atoms with van der Waals surface area (Å²) in [5.41, 5.74) is 1.05. The highest BCUT2D eigenvalue weighted by Crippen LogP contribution is 2.17. The highest BCUT2D eigenvalue weighted by Gasteiger charge is 2.16. The molecule has 1 amide bonds. The highest BCUT2D eigenvalue weighted by molar-refractivity contribution is 7.90. The fourth-order valence-corrected chi connectivity index (χ4v) is 3.59. The molecule has 1 saturated heterocycles. The van der Waals surface area contributed by atoms with Gasteiger partial charge in [-0.25, -0.2) is 8.42 Å². The van der Waals surface area contributed by atoms with Crippen LogP contribution in [0.4, 0.5) is 0 Å². The normalized spacial score (nSPS) is 18.7. The van der Waals surface area contributed by atoms with Crippen molar-refractivity contribution in [2.24, 2.45) is 5.92 Å². The lowest BCUT2D eigenvalue weighted by atomic mass is 10.1. The molecule has 1 aromatic carbocycles. The van der Waals surface area contributed by atoms with Gasteiger partial charge in [0.15, 0.2) is 9.84 Å². The average molecular weight is 310 g/mol. The number of benzene rings is 1. The molecule has 0 radical (unpaired) electrons. The van der Waals surface area contributed by atoms with Crippen LogP contribution in [-0.2, 0) is 9.84 Å². The third kappa shape index (κ3) is 4.28. The third-order valence-corrected chi connectivity index (χ3v) is 5.09. The second kappa shape index (κ2) is 6.58. The standard InChI is InChI=1S/C15H22N2O3S/c1-11-3-4-13(9-14(11)21(2,19)20)15(18)17-8-6-12-5-7-16-10-12/h3-4,9,12,16H,5-8,10H2,1-2H3,(H,17,18). The summed E-state index contributed by atoms with van der Waals surface area (Å²) in [5.74, 6) is 0.403. The molecule has 21 heavy (non-hydrogen) atoms. The van der Waals surface area contributed by atoms with Gasteiger partial charge in [0.2, 0.25) is 0 Å². The first-order valence-electron chi connectivity index (χ1n) is 7.17. The van der Waals surface area contributed by atoms with Gasteiger partial charge in [0.05, 0.1) is 4.90 Å². The molecular weight excluding hydrogens is 288 g/mol. The van der Waals surface area contributed by atoms with Crippen molar-refractivity contribution in [2.45, 2.75) is 24.7 Å². The first-order chi connectivity index (χ1) is 9.88. The van der Waals surface area contributed by atoms with Crippen molar-refractivity contribution in [3.8, 4) is 0 Å². The molecule has 1 unspecified atom stereocenters. The van der Waals surface area contributed by atoms with Gasteiger partial charge in [0, 0.05) is 18.4 Å². The van der Waals surface area contributed by atoms with Gasteiger partial charge in [-0.2, -0.15) is 0 Å². The lowest BCUT2D eigenvalue weighted by molar-refractivity contribution is 0.0951. The maximum absolute atomic E-state index is 12.1. The summed E-state index contributed by atoms with van der Waals surface area (Å²) < 4.78 is 23.4. The molecule has 1 aromatic rings. The topological polar surface area (TPSA) is 75.3 Å². The largest absolute Gasteiger partial charge is 0.352 e. The van der Waals surface area contributed by atoms with Gasteiger partial charge in [-0.15, -0.1) is 0 Å². The van der Waals surface area contributed by atoms with Gasteiger partial charge in [0.1, 0.15) is 0 Å². The average Bonchev–Trinajstić information content (AvgIpc) is 2.91. The number of sulfone groups is 1. The van der Waals surface area contributed by atoms with Crippen LogP contribution in [0.5, 0.6) is 0 Å². The maximum atomic E-state index is 12.1. The van der Waals surface area contributed by atoms with E-state index in [1.54, 1.807) is 19.1 Å². The van der Waals surface area contributed by atoms with Gasteiger partial charge >= 0.3 is 0 Å². The molecule has 116 valence electrons. The molecule has 2 N–H and O–H groups in total. The van der Waals surface area contributed by atoms with Crippen LogP contribution >= 0.6 is 0 Å². The van der Waals surface area contributed by atoms with Crippen molar-refractivity contribution in [3.05, 3.63) is 29.3 Å². The Morgan fingerprint density at radius 2 is 2.19 bits per heavy atom. The van der Waals surface area contributed by atoms with Crippen molar-refractivity contribution in [1.29, 1.82) is 0 Å². The molecule has 6 heteroatoms. The minimum absolute atomic E-state index is 0.217. The zero-order chi connectivity index (χ0) is 15.5. The SMILES string of the molecule is Cc1ccc(C(=O)NCCC2CCNC2)cc1S(C)(=O)=O. The zero-order valence-corrected chi connectivity index (χ0v) is 13.3. The van der Waals surface area contributed by atoms with E-state index in [-0.39, 0.29) is 10.8 Å². The van der Waals surface area contributed by atoms with Crippen molar-refractivity contribution >= 4 is 15.7 Å². The molecule has 1 aliphatic rings. The molecule has 0 spiro atoms. The molecule has 1 aliphatic heterocycles. The van der Waals surface area contributed by atoms with Crippen LogP contribution in [0.1, 0.15) is 28.8 Å². The molecule has 0 aromatic heterocycles. The minimum Gasteiger partial charge on any atom is -0.352 e. The number of hydrogen-bond acceptors (Lipinski definition) is 4. The van der Waals surface area contributed by atoms with Crippen LogP contribution in [0.25, 0.3) is 0 Å².